The Morgan fingerprint density at radius 3 is 2.38 bits per heavy atom. The third kappa shape index (κ3) is 2.91. The van der Waals surface area contributed by atoms with Gasteiger partial charge in [-0.05, 0) is 37.5 Å². The smallest absolute Gasteiger partial charge is 0.309 e. The second kappa shape index (κ2) is 6.37. The van der Waals surface area contributed by atoms with Crippen molar-refractivity contribution in [2.24, 2.45) is 17.3 Å². The third-order valence-corrected chi connectivity index (χ3v) is 6.06. The molecule has 6 nitrogen and oxygen atoms in total. The maximum Gasteiger partial charge on any atom is 0.309 e. The number of esters is 1. The van der Waals surface area contributed by atoms with Gasteiger partial charge in [-0.1, -0.05) is 13.8 Å². The summed E-state index contributed by atoms with van der Waals surface area (Å²) >= 11 is 0. The van der Waals surface area contributed by atoms with Crippen LogP contribution in [0.3, 0.4) is 0 Å². The first-order valence-electron chi connectivity index (χ1n) is 9.07. The van der Waals surface area contributed by atoms with Crippen LogP contribution in [0.5, 0.6) is 0 Å². The Hall–Kier alpha value is -1.59. The lowest BCUT2D eigenvalue weighted by atomic mass is 9.90. The molecule has 134 valence electrons. The van der Waals surface area contributed by atoms with Crippen LogP contribution < -0.4 is 0 Å². The van der Waals surface area contributed by atoms with E-state index < -0.39 is 0 Å². The lowest BCUT2D eigenvalue weighted by molar-refractivity contribution is -0.147. The van der Waals surface area contributed by atoms with Crippen LogP contribution in [0.1, 0.15) is 46.0 Å². The van der Waals surface area contributed by atoms with Gasteiger partial charge in [0, 0.05) is 25.6 Å². The third-order valence-electron chi connectivity index (χ3n) is 6.06. The second-order valence-electron chi connectivity index (χ2n) is 7.81. The van der Waals surface area contributed by atoms with Gasteiger partial charge in [0.25, 0.3) is 0 Å². The number of rotatable bonds is 3. The Bertz CT molecular complexity index is 537. The van der Waals surface area contributed by atoms with E-state index in [2.05, 4.69) is 0 Å². The zero-order valence-electron chi connectivity index (χ0n) is 14.9. The molecule has 6 heteroatoms. The van der Waals surface area contributed by atoms with E-state index in [1.807, 2.05) is 18.7 Å². The van der Waals surface area contributed by atoms with E-state index in [0.29, 0.717) is 19.6 Å². The fourth-order valence-electron chi connectivity index (χ4n) is 4.38. The van der Waals surface area contributed by atoms with Crippen LogP contribution in [-0.2, 0) is 19.1 Å². The molecule has 0 radical (unpaired) electrons. The van der Waals surface area contributed by atoms with E-state index in [1.165, 1.54) is 7.11 Å². The summed E-state index contributed by atoms with van der Waals surface area (Å²) < 4.78 is 4.86. The minimum atomic E-state index is -0.287. The van der Waals surface area contributed by atoms with E-state index in [9.17, 15) is 14.4 Å². The lowest BCUT2D eigenvalue weighted by Crippen LogP contribution is -2.51. The number of carbonyl (C=O) groups is 3. The first kappa shape index (κ1) is 17.2. The number of methoxy groups -OCH3 is 1. The van der Waals surface area contributed by atoms with Crippen LogP contribution in [0.25, 0.3) is 0 Å². The number of amides is 2. The van der Waals surface area contributed by atoms with Crippen LogP contribution in [0.2, 0.25) is 0 Å². The molecule has 1 spiro atoms. The number of likely N-dealkylation sites (tertiary alicyclic amines) is 2. The largest absolute Gasteiger partial charge is 0.469 e. The van der Waals surface area contributed by atoms with Gasteiger partial charge in [-0.15, -0.1) is 0 Å². The number of ether oxygens (including phenoxy) is 1. The van der Waals surface area contributed by atoms with Gasteiger partial charge in [0.05, 0.1) is 13.0 Å². The molecule has 1 aliphatic carbocycles. The predicted molar refractivity (Wildman–Crippen MR) is 87.9 cm³/mol. The molecule has 2 heterocycles. The first-order valence-corrected chi connectivity index (χ1v) is 9.07. The van der Waals surface area contributed by atoms with Gasteiger partial charge in [-0.25, -0.2) is 0 Å². The molecule has 2 atom stereocenters. The summed E-state index contributed by atoms with van der Waals surface area (Å²) in [6.45, 7) is 5.83. The zero-order chi connectivity index (χ0) is 17.5. The summed E-state index contributed by atoms with van der Waals surface area (Å²) in [6.07, 6.45) is 4.29. The van der Waals surface area contributed by atoms with Crippen LogP contribution in [0, 0.1) is 17.3 Å². The molecule has 0 aromatic rings. The van der Waals surface area contributed by atoms with Crippen molar-refractivity contribution in [2.75, 3.05) is 26.7 Å². The van der Waals surface area contributed by atoms with Crippen LogP contribution in [-0.4, -0.2) is 60.4 Å². The quantitative estimate of drug-likeness (QED) is 0.732. The maximum absolute atomic E-state index is 12.9. The summed E-state index contributed by atoms with van der Waals surface area (Å²) in [4.78, 5) is 40.6. The molecular formula is C18H28N2O4. The topological polar surface area (TPSA) is 66.9 Å². The monoisotopic (exact) mass is 336 g/mol. The molecule has 0 aromatic heterocycles. The van der Waals surface area contributed by atoms with Crippen LogP contribution in [0.15, 0.2) is 0 Å². The Labute approximate surface area is 143 Å². The number of nitrogens with zero attached hydrogens (tertiary/aromatic N) is 2. The van der Waals surface area contributed by atoms with Crippen molar-refractivity contribution in [1.29, 1.82) is 0 Å². The van der Waals surface area contributed by atoms with Crippen molar-refractivity contribution in [3.8, 4) is 0 Å². The van der Waals surface area contributed by atoms with Gasteiger partial charge < -0.3 is 14.5 Å². The van der Waals surface area contributed by atoms with Crippen molar-refractivity contribution in [1.82, 2.24) is 9.80 Å². The van der Waals surface area contributed by atoms with Gasteiger partial charge >= 0.3 is 5.97 Å². The van der Waals surface area contributed by atoms with Crippen molar-refractivity contribution in [3.05, 3.63) is 0 Å². The van der Waals surface area contributed by atoms with E-state index in [-0.39, 0.29) is 41.1 Å². The molecule has 3 fully saturated rings. The molecule has 0 N–H and O–H groups in total. The highest BCUT2D eigenvalue weighted by atomic mass is 16.5. The van der Waals surface area contributed by atoms with Crippen molar-refractivity contribution in [3.63, 3.8) is 0 Å². The van der Waals surface area contributed by atoms with E-state index >= 15 is 0 Å². The van der Waals surface area contributed by atoms with E-state index in [4.69, 9.17) is 4.74 Å². The molecule has 2 unspecified atom stereocenters. The molecule has 24 heavy (non-hydrogen) atoms. The molecule has 0 bridgehead atoms. The number of hydrogen-bond acceptors (Lipinski definition) is 4. The van der Waals surface area contributed by atoms with Gasteiger partial charge in [0.1, 0.15) is 6.04 Å². The van der Waals surface area contributed by atoms with Gasteiger partial charge in [0.15, 0.2) is 0 Å². The zero-order valence-corrected chi connectivity index (χ0v) is 14.9. The fraction of sp³-hybridized carbons (Fsp3) is 0.833. The molecule has 2 amide bonds. The normalized spacial score (nSPS) is 28.3. The number of piperidine rings is 1. The maximum atomic E-state index is 12.9. The Morgan fingerprint density at radius 2 is 1.79 bits per heavy atom. The molecular weight excluding hydrogens is 308 g/mol. The first-order chi connectivity index (χ1) is 11.4. The Morgan fingerprint density at radius 1 is 1.12 bits per heavy atom. The Kier molecular flexibility index (Phi) is 4.58. The number of carbonyl (C=O) groups excluding carboxylic acids is 3. The second-order valence-corrected chi connectivity index (χ2v) is 7.81. The average molecular weight is 336 g/mol. The van der Waals surface area contributed by atoms with Gasteiger partial charge in [-0.3, -0.25) is 14.4 Å². The van der Waals surface area contributed by atoms with E-state index in [0.717, 1.165) is 32.1 Å². The van der Waals surface area contributed by atoms with Crippen molar-refractivity contribution < 1.29 is 19.1 Å². The lowest BCUT2D eigenvalue weighted by Gasteiger charge is -2.36. The summed E-state index contributed by atoms with van der Waals surface area (Å²) in [5, 5.41) is 0. The summed E-state index contributed by atoms with van der Waals surface area (Å²) in [5.74, 6) is -0.00118. The minimum absolute atomic E-state index is 0.0187. The molecule has 3 aliphatic rings. The number of hydrogen-bond donors (Lipinski definition) is 0. The Balaban J connectivity index is 1.58. The molecule has 3 rings (SSSR count). The highest BCUT2D eigenvalue weighted by Crippen LogP contribution is 2.59. The van der Waals surface area contributed by atoms with Gasteiger partial charge in [-0.2, -0.15) is 0 Å². The molecule has 0 aromatic carbocycles. The average Bonchev–Trinajstić information content (AvgIpc) is 3.06. The highest BCUT2D eigenvalue weighted by Gasteiger charge is 2.59. The predicted octanol–water partition coefficient (Wildman–Crippen LogP) is 1.44. The highest BCUT2D eigenvalue weighted by molar-refractivity contribution is 5.89. The fourth-order valence-corrected chi connectivity index (χ4v) is 4.38. The van der Waals surface area contributed by atoms with E-state index in [1.54, 1.807) is 4.90 Å². The van der Waals surface area contributed by atoms with Crippen LogP contribution >= 0.6 is 0 Å². The van der Waals surface area contributed by atoms with Gasteiger partial charge in [0.2, 0.25) is 11.8 Å². The minimum Gasteiger partial charge on any atom is -0.469 e. The molecule has 2 aliphatic heterocycles. The molecule has 2 saturated heterocycles. The van der Waals surface area contributed by atoms with Crippen molar-refractivity contribution >= 4 is 17.8 Å². The molecule has 1 saturated carbocycles. The summed E-state index contributed by atoms with van der Waals surface area (Å²) in [7, 11) is 1.44. The summed E-state index contributed by atoms with van der Waals surface area (Å²) in [6, 6.07) is -0.287. The summed E-state index contributed by atoms with van der Waals surface area (Å²) in [5.41, 5.74) is 0.0625. The van der Waals surface area contributed by atoms with Crippen molar-refractivity contribution in [2.45, 2.75) is 52.0 Å². The SMILES string of the molecule is COC(=O)C1CC12CCN(C(=O)C1CCCN1C(=O)C(C)C)CC2. The standard InChI is InChI=1S/C18H28N2O4/c1-12(2)15(21)20-8-4-5-14(20)16(22)19-9-6-18(7-10-19)11-13(18)17(23)24-3/h12-14H,4-11H2,1-3H3. The van der Waals surface area contributed by atoms with Crippen LogP contribution in [0.4, 0.5) is 0 Å².